The molecule has 0 radical (unpaired) electrons. The SMILES string of the molecule is Cc1ccc(NS(=O)(=O)c2ccc(NC(=O)c3ccc(C)c(NS(C)(=O)=O)c3)cc2)cc1Cl. The fourth-order valence-corrected chi connectivity index (χ4v) is 4.71. The molecule has 0 bridgehead atoms. The van der Waals surface area contributed by atoms with Crippen molar-refractivity contribution in [1.82, 2.24) is 0 Å². The Bertz CT molecular complexity index is 1420. The molecule has 0 saturated heterocycles. The number of hydrogen-bond donors (Lipinski definition) is 3. The van der Waals surface area contributed by atoms with E-state index in [9.17, 15) is 21.6 Å². The molecule has 0 heterocycles. The van der Waals surface area contributed by atoms with Gasteiger partial charge < -0.3 is 5.32 Å². The minimum atomic E-state index is -3.85. The summed E-state index contributed by atoms with van der Waals surface area (Å²) in [4.78, 5) is 12.6. The molecular formula is C22H22ClN3O5S2. The largest absolute Gasteiger partial charge is 0.322 e. The lowest BCUT2D eigenvalue weighted by molar-refractivity contribution is 0.102. The Labute approximate surface area is 198 Å². The van der Waals surface area contributed by atoms with Gasteiger partial charge in [-0.2, -0.15) is 0 Å². The minimum Gasteiger partial charge on any atom is -0.322 e. The molecule has 0 aliphatic rings. The number of carbonyl (C=O) groups is 1. The van der Waals surface area contributed by atoms with Crippen molar-refractivity contribution in [2.24, 2.45) is 0 Å². The standard InChI is InChI=1S/C22H22ClN3O5S2/c1-14-5-7-18(13-20(14)23)25-33(30,31)19-10-8-17(9-11-19)24-22(27)16-6-4-15(2)21(12-16)26-32(3,28)29/h4-13,25-26H,1-3H3,(H,24,27). The number of nitrogens with one attached hydrogen (secondary N) is 3. The van der Waals surface area contributed by atoms with Crippen molar-refractivity contribution in [3.05, 3.63) is 82.4 Å². The number of amides is 1. The first kappa shape index (κ1) is 24.6. The maximum Gasteiger partial charge on any atom is 0.261 e. The summed E-state index contributed by atoms with van der Waals surface area (Å²) in [5.41, 5.74) is 2.73. The van der Waals surface area contributed by atoms with E-state index in [1.807, 2.05) is 6.92 Å². The van der Waals surface area contributed by atoms with Crippen LogP contribution < -0.4 is 14.8 Å². The Morgan fingerprint density at radius 3 is 2.00 bits per heavy atom. The second-order valence-electron chi connectivity index (χ2n) is 7.45. The van der Waals surface area contributed by atoms with E-state index in [1.165, 1.54) is 36.4 Å². The second-order valence-corrected chi connectivity index (χ2v) is 11.3. The number of carbonyl (C=O) groups excluding carboxylic acids is 1. The van der Waals surface area contributed by atoms with Crippen LogP contribution in [0.2, 0.25) is 5.02 Å². The third-order valence-electron chi connectivity index (χ3n) is 4.64. The van der Waals surface area contributed by atoms with Crippen LogP contribution in [0.1, 0.15) is 21.5 Å². The topological polar surface area (TPSA) is 121 Å². The number of halogens is 1. The molecule has 3 aromatic rings. The Morgan fingerprint density at radius 2 is 1.39 bits per heavy atom. The van der Waals surface area contributed by atoms with Crippen molar-refractivity contribution in [3.8, 4) is 0 Å². The minimum absolute atomic E-state index is 0.00664. The van der Waals surface area contributed by atoms with Crippen LogP contribution >= 0.6 is 11.6 Å². The molecule has 174 valence electrons. The van der Waals surface area contributed by atoms with Gasteiger partial charge >= 0.3 is 0 Å². The summed E-state index contributed by atoms with van der Waals surface area (Å²) >= 11 is 6.05. The van der Waals surface area contributed by atoms with Crippen LogP contribution in [-0.2, 0) is 20.0 Å². The van der Waals surface area contributed by atoms with E-state index in [1.54, 1.807) is 31.2 Å². The lowest BCUT2D eigenvalue weighted by atomic mass is 10.1. The van der Waals surface area contributed by atoms with Crippen LogP contribution in [0.25, 0.3) is 0 Å². The molecular weight excluding hydrogens is 486 g/mol. The van der Waals surface area contributed by atoms with Crippen LogP contribution in [0, 0.1) is 13.8 Å². The molecule has 0 saturated carbocycles. The van der Waals surface area contributed by atoms with Gasteiger partial charge in [0.05, 0.1) is 22.5 Å². The summed E-state index contributed by atoms with van der Waals surface area (Å²) in [6, 6.07) is 15.1. The van der Waals surface area contributed by atoms with E-state index in [0.717, 1.165) is 11.8 Å². The molecule has 11 heteroatoms. The first-order valence-corrected chi connectivity index (χ1v) is 13.4. The Morgan fingerprint density at radius 1 is 0.788 bits per heavy atom. The van der Waals surface area contributed by atoms with E-state index >= 15 is 0 Å². The first-order valence-electron chi connectivity index (χ1n) is 9.63. The third-order valence-corrected chi connectivity index (χ3v) is 7.04. The van der Waals surface area contributed by atoms with Gasteiger partial charge in [0.15, 0.2) is 0 Å². The lowest BCUT2D eigenvalue weighted by Gasteiger charge is -2.12. The number of aryl methyl sites for hydroxylation is 2. The van der Waals surface area contributed by atoms with Crippen LogP contribution in [0.4, 0.5) is 17.1 Å². The number of sulfonamides is 2. The summed E-state index contributed by atoms with van der Waals surface area (Å²) in [5, 5.41) is 3.10. The summed E-state index contributed by atoms with van der Waals surface area (Å²) in [6.07, 6.45) is 1.02. The predicted octanol–water partition coefficient (Wildman–Crippen LogP) is 4.38. The number of hydrogen-bond acceptors (Lipinski definition) is 5. The van der Waals surface area contributed by atoms with Gasteiger partial charge in [-0.25, -0.2) is 16.8 Å². The van der Waals surface area contributed by atoms with Crippen molar-refractivity contribution >= 4 is 54.6 Å². The van der Waals surface area contributed by atoms with Crippen LogP contribution in [0.15, 0.2) is 65.6 Å². The summed E-state index contributed by atoms with van der Waals surface area (Å²) < 4.78 is 53.1. The third kappa shape index (κ3) is 6.47. The number of anilines is 3. The summed E-state index contributed by atoms with van der Waals surface area (Å²) in [5.74, 6) is -0.477. The van der Waals surface area contributed by atoms with Crippen LogP contribution in [0.3, 0.4) is 0 Å². The van der Waals surface area contributed by atoms with Gasteiger partial charge in [0, 0.05) is 16.3 Å². The van der Waals surface area contributed by atoms with E-state index in [-0.39, 0.29) is 10.5 Å². The van der Waals surface area contributed by atoms with Gasteiger partial charge in [-0.3, -0.25) is 14.2 Å². The molecule has 0 atom stereocenters. The molecule has 0 spiro atoms. The molecule has 0 aliphatic carbocycles. The zero-order valence-electron chi connectivity index (χ0n) is 18.0. The Kier molecular flexibility index (Phi) is 7.01. The van der Waals surface area contributed by atoms with Crippen LogP contribution in [-0.4, -0.2) is 29.0 Å². The average molecular weight is 508 g/mol. The van der Waals surface area contributed by atoms with Gasteiger partial charge in [0.2, 0.25) is 10.0 Å². The van der Waals surface area contributed by atoms with Gasteiger partial charge in [0.25, 0.3) is 15.9 Å². The first-order chi connectivity index (χ1) is 15.3. The molecule has 0 fully saturated rings. The molecule has 0 unspecified atom stereocenters. The highest BCUT2D eigenvalue weighted by molar-refractivity contribution is 7.92. The van der Waals surface area contributed by atoms with Gasteiger partial charge in [-0.15, -0.1) is 0 Å². The average Bonchev–Trinajstić information content (AvgIpc) is 2.71. The highest BCUT2D eigenvalue weighted by Gasteiger charge is 2.16. The fourth-order valence-electron chi connectivity index (χ4n) is 2.86. The highest BCUT2D eigenvalue weighted by Crippen LogP contribution is 2.24. The van der Waals surface area contributed by atoms with Gasteiger partial charge in [-0.1, -0.05) is 23.7 Å². The monoisotopic (exact) mass is 507 g/mol. The fraction of sp³-hybridized carbons (Fsp3) is 0.136. The molecule has 0 aliphatic heterocycles. The lowest BCUT2D eigenvalue weighted by Crippen LogP contribution is -2.15. The Hall–Kier alpha value is -3.08. The molecule has 3 aromatic carbocycles. The van der Waals surface area contributed by atoms with Crippen LogP contribution in [0.5, 0.6) is 0 Å². The van der Waals surface area contributed by atoms with Crippen molar-refractivity contribution in [3.63, 3.8) is 0 Å². The van der Waals surface area contributed by atoms with Gasteiger partial charge in [-0.05, 0) is 73.5 Å². The maximum atomic E-state index is 12.6. The molecule has 8 nitrogen and oxygen atoms in total. The summed E-state index contributed by atoms with van der Waals surface area (Å²) in [6.45, 7) is 3.53. The predicted molar refractivity (Wildman–Crippen MR) is 131 cm³/mol. The van der Waals surface area contributed by atoms with Gasteiger partial charge in [0.1, 0.15) is 0 Å². The van der Waals surface area contributed by atoms with E-state index in [0.29, 0.717) is 27.6 Å². The smallest absolute Gasteiger partial charge is 0.261 e. The second kappa shape index (κ2) is 9.42. The quantitative estimate of drug-likeness (QED) is 0.438. The van der Waals surface area contributed by atoms with Crippen molar-refractivity contribution in [2.75, 3.05) is 21.0 Å². The number of rotatable bonds is 7. The molecule has 3 rings (SSSR count). The zero-order chi connectivity index (χ0) is 24.4. The molecule has 3 N–H and O–H groups in total. The maximum absolute atomic E-state index is 12.6. The van der Waals surface area contributed by atoms with E-state index < -0.39 is 26.0 Å². The van der Waals surface area contributed by atoms with Crippen molar-refractivity contribution < 1.29 is 21.6 Å². The molecule has 33 heavy (non-hydrogen) atoms. The Balaban J connectivity index is 1.74. The highest BCUT2D eigenvalue weighted by atomic mass is 35.5. The molecule has 0 aromatic heterocycles. The van der Waals surface area contributed by atoms with Crippen molar-refractivity contribution in [1.29, 1.82) is 0 Å². The number of benzene rings is 3. The summed E-state index contributed by atoms with van der Waals surface area (Å²) in [7, 11) is -7.35. The van der Waals surface area contributed by atoms with E-state index in [4.69, 9.17) is 11.6 Å². The molecule has 1 amide bonds. The van der Waals surface area contributed by atoms with Crippen molar-refractivity contribution in [2.45, 2.75) is 18.7 Å². The zero-order valence-corrected chi connectivity index (χ0v) is 20.4. The normalized spacial score (nSPS) is 11.6. The van der Waals surface area contributed by atoms with E-state index in [2.05, 4.69) is 14.8 Å².